The average Bonchev–Trinajstić information content (AvgIpc) is 2.96. The molecule has 116 valence electrons. The Kier molecular flexibility index (Phi) is 4.24. The van der Waals surface area contributed by atoms with E-state index >= 15 is 0 Å². The van der Waals surface area contributed by atoms with E-state index in [-0.39, 0.29) is 11.8 Å². The molecule has 22 heavy (non-hydrogen) atoms. The topological polar surface area (TPSA) is 72.4 Å². The average molecular weight is 299 g/mol. The first kappa shape index (κ1) is 14.8. The monoisotopic (exact) mass is 299 g/mol. The molecule has 1 aliphatic heterocycles. The lowest BCUT2D eigenvalue weighted by Crippen LogP contribution is -2.40. The second kappa shape index (κ2) is 6.32. The van der Waals surface area contributed by atoms with E-state index in [1.807, 2.05) is 24.3 Å². The van der Waals surface area contributed by atoms with Crippen LogP contribution in [-0.4, -0.2) is 28.9 Å². The first-order valence-electron chi connectivity index (χ1n) is 7.65. The van der Waals surface area contributed by atoms with Crippen LogP contribution in [0.2, 0.25) is 0 Å². The molecule has 1 amide bonds. The highest BCUT2D eigenvalue weighted by Gasteiger charge is 2.24. The van der Waals surface area contributed by atoms with Crippen molar-refractivity contribution in [1.82, 2.24) is 9.88 Å². The van der Waals surface area contributed by atoms with Gasteiger partial charge in [0.05, 0.1) is 11.6 Å². The third kappa shape index (κ3) is 3.36. The number of oxazole rings is 1. The van der Waals surface area contributed by atoms with Crippen molar-refractivity contribution in [2.75, 3.05) is 13.1 Å². The zero-order chi connectivity index (χ0) is 15.5. The number of nitrogens with zero attached hydrogens (tertiary/aromatic N) is 2. The third-order valence-electron chi connectivity index (χ3n) is 4.14. The number of carbonyl (C=O) groups excluding carboxylic acids is 1. The SMILES string of the molecule is Cc1ccc(-c2nc(CN3CCCC(C(N)=O)C3)co2)cc1. The van der Waals surface area contributed by atoms with Crippen LogP contribution in [0.5, 0.6) is 0 Å². The summed E-state index contributed by atoms with van der Waals surface area (Å²) in [7, 11) is 0. The molecule has 0 radical (unpaired) electrons. The van der Waals surface area contributed by atoms with Crippen molar-refractivity contribution in [2.45, 2.75) is 26.3 Å². The number of piperidine rings is 1. The summed E-state index contributed by atoms with van der Waals surface area (Å²) in [6.07, 6.45) is 3.58. The highest BCUT2D eigenvalue weighted by atomic mass is 16.3. The van der Waals surface area contributed by atoms with Crippen LogP contribution in [0, 0.1) is 12.8 Å². The molecule has 2 N–H and O–H groups in total. The molecule has 3 rings (SSSR count). The van der Waals surface area contributed by atoms with Crippen molar-refractivity contribution in [2.24, 2.45) is 11.7 Å². The molecule has 0 spiro atoms. The second-order valence-electron chi connectivity index (χ2n) is 5.99. The van der Waals surface area contributed by atoms with Crippen LogP contribution in [-0.2, 0) is 11.3 Å². The highest BCUT2D eigenvalue weighted by molar-refractivity contribution is 5.76. The molecule has 1 atom stereocenters. The van der Waals surface area contributed by atoms with Gasteiger partial charge in [0, 0.05) is 18.7 Å². The maximum atomic E-state index is 11.3. The number of likely N-dealkylation sites (tertiary alicyclic amines) is 1. The molecule has 1 saturated heterocycles. The summed E-state index contributed by atoms with van der Waals surface area (Å²) in [4.78, 5) is 18.1. The molecular weight excluding hydrogens is 278 g/mol. The predicted molar refractivity (Wildman–Crippen MR) is 83.9 cm³/mol. The summed E-state index contributed by atoms with van der Waals surface area (Å²) in [6.45, 7) is 4.42. The Bertz CT molecular complexity index is 648. The minimum atomic E-state index is -0.204. The largest absolute Gasteiger partial charge is 0.444 e. The van der Waals surface area contributed by atoms with Gasteiger partial charge in [-0.3, -0.25) is 9.69 Å². The number of nitrogens with two attached hydrogens (primary N) is 1. The summed E-state index contributed by atoms with van der Waals surface area (Å²) in [5, 5.41) is 0. The van der Waals surface area contributed by atoms with Gasteiger partial charge in [0.25, 0.3) is 0 Å². The van der Waals surface area contributed by atoms with Crippen LogP contribution in [0.3, 0.4) is 0 Å². The van der Waals surface area contributed by atoms with Gasteiger partial charge >= 0.3 is 0 Å². The molecule has 1 aliphatic rings. The van der Waals surface area contributed by atoms with Crippen LogP contribution in [0.4, 0.5) is 0 Å². The number of amides is 1. The van der Waals surface area contributed by atoms with Gasteiger partial charge in [-0.25, -0.2) is 4.98 Å². The molecule has 1 unspecified atom stereocenters. The maximum absolute atomic E-state index is 11.3. The van der Waals surface area contributed by atoms with Gasteiger partial charge in [-0.15, -0.1) is 0 Å². The van der Waals surface area contributed by atoms with Gasteiger partial charge in [-0.1, -0.05) is 17.7 Å². The summed E-state index contributed by atoms with van der Waals surface area (Å²) in [5.41, 5.74) is 8.49. The van der Waals surface area contributed by atoms with Gasteiger partial charge in [-0.05, 0) is 38.4 Å². The van der Waals surface area contributed by atoms with Crippen LogP contribution < -0.4 is 5.73 Å². The van der Waals surface area contributed by atoms with E-state index < -0.39 is 0 Å². The van der Waals surface area contributed by atoms with E-state index in [1.54, 1.807) is 6.26 Å². The number of rotatable bonds is 4. The lowest BCUT2D eigenvalue weighted by Gasteiger charge is -2.30. The molecule has 2 heterocycles. The number of aryl methyl sites for hydroxylation is 1. The predicted octanol–water partition coefficient (Wildman–Crippen LogP) is 2.35. The van der Waals surface area contributed by atoms with Crippen molar-refractivity contribution in [3.63, 3.8) is 0 Å². The molecule has 0 saturated carbocycles. The van der Waals surface area contributed by atoms with Gasteiger partial charge in [0.2, 0.25) is 11.8 Å². The van der Waals surface area contributed by atoms with E-state index in [1.165, 1.54) is 5.56 Å². The Morgan fingerprint density at radius 3 is 2.91 bits per heavy atom. The van der Waals surface area contributed by atoms with Crippen molar-refractivity contribution in [3.8, 4) is 11.5 Å². The van der Waals surface area contributed by atoms with Crippen molar-refractivity contribution in [3.05, 3.63) is 41.8 Å². The van der Waals surface area contributed by atoms with E-state index in [9.17, 15) is 4.79 Å². The number of benzene rings is 1. The molecular formula is C17H21N3O2. The van der Waals surface area contributed by atoms with Crippen molar-refractivity contribution < 1.29 is 9.21 Å². The lowest BCUT2D eigenvalue weighted by molar-refractivity contribution is -0.123. The summed E-state index contributed by atoms with van der Waals surface area (Å²) < 4.78 is 5.58. The fourth-order valence-corrected chi connectivity index (χ4v) is 2.87. The molecule has 0 aliphatic carbocycles. The molecule has 5 heteroatoms. The zero-order valence-corrected chi connectivity index (χ0v) is 12.8. The Hall–Kier alpha value is -2.14. The molecule has 1 fully saturated rings. The number of carbonyl (C=O) groups is 1. The van der Waals surface area contributed by atoms with E-state index in [2.05, 4.69) is 16.8 Å². The first-order valence-corrected chi connectivity index (χ1v) is 7.65. The lowest BCUT2D eigenvalue weighted by atomic mass is 9.97. The Labute approximate surface area is 130 Å². The fraction of sp³-hybridized carbons (Fsp3) is 0.412. The quantitative estimate of drug-likeness (QED) is 0.940. The molecule has 0 bridgehead atoms. The van der Waals surface area contributed by atoms with E-state index in [4.69, 9.17) is 10.2 Å². The van der Waals surface area contributed by atoms with Gasteiger partial charge in [0.15, 0.2) is 0 Å². The van der Waals surface area contributed by atoms with Gasteiger partial charge in [-0.2, -0.15) is 0 Å². The normalized spacial score (nSPS) is 19.2. The van der Waals surface area contributed by atoms with Crippen LogP contribution in [0.1, 0.15) is 24.1 Å². The van der Waals surface area contributed by atoms with Crippen molar-refractivity contribution >= 4 is 5.91 Å². The number of hydrogen-bond acceptors (Lipinski definition) is 4. The molecule has 1 aromatic heterocycles. The summed E-state index contributed by atoms with van der Waals surface area (Å²) in [5.74, 6) is 0.390. The number of hydrogen-bond donors (Lipinski definition) is 1. The minimum absolute atomic E-state index is 0.0442. The Morgan fingerprint density at radius 2 is 2.18 bits per heavy atom. The third-order valence-corrected chi connectivity index (χ3v) is 4.14. The van der Waals surface area contributed by atoms with Gasteiger partial charge in [0.1, 0.15) is 6.26 Å². The maximum Gasteiger partial charge on any atom is 0.226 e. The summed E-state index contributed by atoms with van der Waals surface area (Å²) >= 11 is 0. The van der Waals surface area contributed by atoms with E-state index in [0.717, 1.165) is 30.6 Å². The standard InChI is InChI=1S/C17H21N3O2/c1-12-4-6-13(7-5-12)17-19-15(11-22-17)10-20-8-2-3-14(9-20)16(18)21/h4-7,11,14H,2-3,8-10H2,1H3,(H2,18,21). The van der Waals surface area contributed by atoms with Crippen LogP contribution >= 0.6 is 0 Å². The fourth-order valence-electron chi connectivity index (χ4n) is 2.87. The molecule has 5 nitrogen and oxygen atoms in total. The smallest absolute Gasteiger partial charge is 0.226 e. The van der Waals surface area contributed by atoms with Crippen LogP contribution in [0.15, 0.2) is 34.9 Å². The highest BCUT2D eigenvalue weighted by Crippen LogP contribution is 2.22. The Morgan fingerprint density at radius 1 is 1.41 bits per heavy atom. The number of aromatic nitrogens is 1. The second-order valence-corrected chi connectivity index (χ2v) is 5.99. The summed E-state index contributed by atoms with van der Waals surface area (Å²) in [6, 6.07) is 8.10. The first-order chi connectivity index (χ1) is 10.6. The van der Waals surface area contributed by atoms with Crippen LogP contribution in [0.25, 0.3) is 11.5 Å². The molecule has 2 aromatic rings. The minimum Gasteiger partial charge on any atom is -0.444 e. The zero-order valence-electron chi connectivity index (χ0n) is 12.8. The van der Waals surface area contributed by atoms with E-state index in [0.29, 0.717) is 19.0 Å². The number of primary amides is 1. The van der Waals surface area contributed by atoms with Gasteiger partial charge < -0.3 is 10.2 Å². The van der Waals surface area contributed by atoms with Crippen molar-refractivity contribution in [1.29, 1.82) is 0 Å². The Balaban J connectivity index is 1.66. The molecule has 1 aromatic carbocycles.